The molecule has 7 heteroatoms. The van der Waals surface area contributed by atoms with Crippen LogP contribution >= 0.6 is 0 Å². The van der Waals surface area contributed by atoms with Gasteiger partial charge in [0.15, 0.2) is 11.2 Å². The Hall–Kier alpha value is -3.48. The fourth-order valence-electron chi connectivity index (χ4n) is 4.38. The standard InChI is InChI=1S/C23H21FN4O2/c24-19-13-7-4-8-16(19)14-26-15-25-21-20(26)22(29)28(18-11-5-6-12-18)23(30)27(21)17-9-2-1-3-10-17/h1-4,7-10,13,15,18H,5-6,11-12,14H2. The summed E-state index contributed by atoms with van der Waals surface area (Å²) >= 11 is 0. The van der Waals surface area contributed by atoms with Gasteiger partial charge in [-0.3, -0.25) is 9.36 Å². The van der Waals surface area contributed by atoms with Gasteiger partial charge < -0.3 is 4.57 Å². The SMILES string of the molecule is O=c1c2c(ncn2Cc2ccccc2F)n(-c2ccccc2)c(=O)n1C1CCCC1. The third kappa shape index (κ3) is 2.98. The smallest absolute Gasteiger partial charge is 0.320 e. The van der Waals surface area contributed by atoms with E-state index in [-0.39, 0.29) is 29.7 Å². The molecule has 2 aromatic heterocycles. The minimum absolute atomic E-state index is 0.124. The van der Waals surface area contributed by atoms with Crippen molar-refractivity contribution in [2.24, 2.45) is 0 Å². The van der Waals surface area contributed by atoms with E-state index in [1.807, 2.05) is 30.3 Å². The normalized spacial score (nSPS) is 14.6. The first-order valence-electron chi connectivity index (χ1n) is 10.2. The van der Waals surface area contributed by atoms with Crippen LogP contribution in [0.15, 0.2) is 70.5 Å². The molecule has 5 rings (SSSR count). The van der Waals surface area contributed by atoms with E-state index in [1.165, 1.54) is 21.5 Å². The molecule has 0 atom stereocenters. The van der Waals surface area contributed by atoms with Gasteiger partial charge in [-0.15, -0.1) is 0 Å². The van der Waals surface area contributed by atoms with E-state index < -0.39 is 0 Å². The summed E-state index contributed by atoms with van der Waals surface area (Å²) < 4.78 is 18.8. The van der Waals surface area contributed by atoms with Crippen LogP contribution < -0.4 is 11.2 Å². The molecule has 0 bridgehead atoms. The van der Waals surface area contributed by atoms with Crippen LogP contribution in [0, 0.1) is 5.82 Å². The second-order valence-corrected chi connectivity index (χ2v) is 7.70. The van der Waals surface area contributed by atoms with Crippen LogP contribution in [-0.4, -0.2) is 18.7 Å². The van der Waals surface area contributed by atoms with Crippen LogP contribution in [-0.2, 0) is 6.54 Å². The number of nitrogens with zero attached hydrogens (tertiary/aromatic N) is 4. The Morgan fingerprint density at radius 3 is 2.40 bits per heavy atom. The summed E-state index contributed by atoms with van der Waals surface area (Å²) in [7, 11) is 0. The fourth-order valence-corrected chi connectivity index (χ4v) is 4.38. The minimum Gasteiger partial charge on any atom is -0.320 e. The van der Waals surface area contributed by atoms with E-state index in [0.717, 1.165) is 25.7 Å². The topological polar surface area (TPSA) is 61.8 Å². The third-order valence-electron chi connectivity index (χ3n) is 5.85. The van der Waals surface area contributed by atoms with E-state index in [2.05, 4.69) is 4.98 Å². The molecule has 1 aliphatic carbocycles. The molecule has 0 spiro atoms. The molecule has 0 saturated heterocycles. The molecular formula is C23H21FN4O2. The third-order valence-corrected chi connectivity index (χ3v) is 5.85. The van der Waals surface area contributed by atoms with Crippen molar-refractivity contribution in [2.45, 2.75) is 38.3 Å². The van der Waals surface area contributed by atoms with Crippen LogP contribution in [0.4, 0.5) is 4.39 Å². The van der Waals surface area contributed by atoms with Gasteiger partial charge in [0.2, 0.25) is 0 Å². The molecule has 0 aliphatic heterocycles. The first-order valence-corrected chi connectivity index (χ1v) is 10.2. The van der Waals surface area contributed by atoms with Gasteiger partial charge in [0.05, 0.1) is 18.6 Å². The average Bonchev–Trinajstić information content (AvgIpc) is 3.41. The van der Waals surface area contributed by atoms with Crippen LogP contribution in [0.5, 0.6) is 0 Å². The molecule has 4 aromatic rings. The highest BCUT2D eigenvalue weighted by Gasteiger charge is 2.26. The summed E-state index contributed by atoms with van der Waals surface area (Å²) in [4.78, 5) is 31.3. The number of rotatable bonds is 4. The highest BCUT2D eigenvalue weighted by molar-refractivity contribution is 5.72. The van der Waals surface area contributed by atoms with Crippen molar-refractivity contribution in [3.8, 4) is 5.69 Å². The second kappa shape index (κ2) is 7.40. The number of hydrogen-bond acceptors (Lipinski definition) is 3. The van der Waals surface area contributed by atoms with Crippen molar-refractivity contribution < 1.29 is 4.39 Å². The number of fused-ring (bicyclic) bond motifs is 1. The Bertz CT molecular complexity index is 1330. The van der Waals surface area contributed by atoms with Gasteiger partial charge in [-0.05, 0) is 31.0 Å². The van der Waals surface area contributed by atoms with E-state index in [0.29, 0.717) is 22.4 Å². The molecule has 0 N–H and O–H groups in total. The Balaban J connectivity index is 1.79. The highest BCUT2D eigenvalue weighted by Crippen LogP contribution is 2.28. The van der Waals surface area contributed by atoms with Crippen molar-refractivity contribution in [1.82, 2.24) is 18.7 Å². The lowest BCUT2D eigenvalue weighted by molar-refractivity contribution is 0.474. The molecule has 2 heterocycles. The summed E-state index contributed by atoms with van der Waals surface area (Å²) in [6.45, 7) is 0.163. The van der Waals surface area contributed by atoms with Gasteiger partial charge >= 0.3 is 5.69 Å². The predicted octanol–water partition coefficient (Wildman–Crippen LogP) is 3.65. The monoisotopic (exact) mass is 404 g/mol. The molecule has 1 aliphatic rings. The molecular weight excluding hydrogens is 383 g/mol. The summed E-state index contributed by atoms with van der Waals surface area (Å²) in [6.07, 6.45) is 5.10. The van der Waals surface area contributed by atoms with E-state index in [4.69, 9.17) is 0 Å². The Labute approximate surface area is 171 Å². The number of halogens is 1. The summed E-state index contributed by atoms with van der Waals surface area (Å²) in [5, 5.41) is 0. The highest BCUT2D eigenvalue weighted by atomic mass is 19.1. The van der Waals surface area contributed by atoms with Crippen molar-refractivity contribution in [3.63, 3.8) is 0 Å². The Morgan fingerprint density at radius 2 is 1.67 bits per heavy atom. The quantitative estimate of drug-likeness (QED) is 0.522. The average molecular weight is 404 g/mol. The van der Waals surface area contributed by atoms with Crippen molar-refractivity contribution >= 4 is 11.2 Å². The lowest BCUT2D eigenvalue weighted by Crippen LogP contribution is -2.41. The van der Waals surface area contributed by atoms with Crippen LogP contribution in [0.2, 0.25) is 0 Å². The molecule has 0 amide bonds. The number of hydrogen-bond donors (Lipinski definition) is 0. The predicted molar refractivity (Wildman–Crippen MR) is 113 cm³/mol. The molecule has 152 valence electrons. The Morgan fingerprint density at radius 1 is 0.967 bits per heavy atom. The molecule has 1 saturated carbocycles. The number of aromatic nitrogens is 4. The lowest BCUT2D eigenvalue weighted by atomic mass is 10.2. The van der Waals surface area contributed by atoms with Crippen molar-refractivity contribution in [1.29, 1.82) is 0 Å². The van der Waals surface area contributed by atoms with Gasteiger partial charge in [0.1, 0.15) is 5.82 Å². The van der Waals surface area contributed by atoms with Crippen molar-refractivity contribution in [2.75, 3.05) is 0 Å². The van der Waals surface area contributed by atoms with Gasteiger partial charge in [-0.1, -0.05) is 49.2 Å². The minimum atomic E-state index is -0.373. The maximum Gasteiger partial charge on any atom is 0.337 e. The largest absolute Gasteiger partial charge is 0.337 e. The summed E-state index contributed by atoms with van der Waals surface area (Å²) in [5.41, 5.74) is 0.983. The van der Waals surface area contributed by atoms with E-state index in [9.17, 15) is 14.0 Å². The van der Waals surface area contributed by atoms with Crippen LogP contribution in [0.25, 0.3) is 16.9 Å². The molecule has 6 nitrogen and oxygen atoms in total. The first kappa shape index (κ1) is 18.5. The summed E-state index contributed by atoms with van der Waals surface area (Å²) in [5.74, 6) is -0.341. The van der Waals surface area contributed by atoms with Gasteiger partial charge in [0, 0.05) is 11.6 Å². The number of benzene rings is 2. The van der Waals surface area contributed by atoms with Gasteiger partial charge in [-0.2, -0.15) is 0 Å². The van der Waals surface area contributed by atoms with E-state index >= 15 is 0 Å². The second-order valence-electron chi connectivity index (χ2n) is 7.70. The Kier molecular flexibility index (Phi) is 4.58. The molecule has 30 heavy (non-hydrogen) atoms. The summed E-state index contributed by atoms with van der Waals surface area (Å²) in [6, 6.07) is 15.5. The molecule has 0 unspecified atom stereocenters. The van der Waals surface area contributed by atoms with E-state index in [1.54, 1.807) is 22.8 Å². The van der Waals surface area contributed by atoms with Crippen LogP contribution in [0.3, 0.4) is 0 Å². The van der Waals surface area contributed by atoms with Gasteiger partial charge in [0.25, 0.3) is 5.56 Å². The maximum atomic E-state index is 14.2. The molecule has 0 radical (unpaired) electrons. The van der Waals surface area contributed by atoms with Crippen molar-refractivity contribution in [3.05, 3.63) is 93.1 Å². The van der Waals surface area contributed by atoms with Crippen LogP contribution in [0.1, 0.15) is 37.3 Å². The molecule has 2 aromatic carbocycles. The first-order chi connectivity index (χ1) is 14.6. The van der Waals surface area contributed by atoms with Gasteiger partial charge in [-0.25, -0.2) is 18.7 Å². The number of para-hydroxylation sites is 1. The lowest BCUT2D eigenvalue weighted by Gasteiger charge is -2.17. The zero-order valence-electron chi connectivity index (χ0n) is 16.4. The molecule has 1 fully saturated rings. The zero-order valence-corrected chi connectivity index (χ0v) is 16.4. The number of imidazole rings is 1. The maximum absolute atomic E-state index is 14.2. The zero-order chi connectivity index (χ0) is 20.7. The fraction of sp³-hybridized carbons (Fsp3) is 0.261.